The van der Waals surface area contributed by atoms with Gasteiger partial charge in [0, 0.05) is 22.5 Å². The summed E-state index contributed by atoms with van der Waals surface area (Å²) in [6.07, 6.45) is 0. The Bertz CT molecular complexity index is 2680. The summed E-state index contributed by atoms with van der Waals surface area (Å²) in [7, 11) is 0. The quantitative estimate of drug-likeness (QED) is 0.177. The zero-order valence-corrected chi connectivity index (χ0v) is 29.1. The topological polar surface area (TPSA) is 122 Å². The third-order valence-electron chi connectivity index (χ3n) is 9.03. The van der Waals surface area contributed by atoms with Crippen LogP contribution in [0.3, 0.4) is 0 Å². The zero-order valence-electron chi connectivity index (χ0n) is 27.4. The van der Waals surface area contributed by atoms with Gasteiger partial charge in [0.2, 0.25) is 0 Å². The average molecular weight is 713 g/mol. The van der Waals surface area contributed by atoms with Crippen LogP contribution in [-0.4, -0.2) is 19.1 Å². The van der Waals surface area contributed by atoms with Crippen LogP contribution in [0.25, 0.3) is 75.5 Å². The molecule has 0 bridgehead atoms. The minimum atomic E-state index is -0.397. The number of para-hydroxylation sites is 2. The maximum Gasteiger partial charge on any atom is 0.284 e. The summed E-state index contributed by atoms with van der Waals surface area (Å²) in [5.41, 5.74) is 18.3. The molecular weight excluding hydrogens is 685 g/mol. The van der Waals surface area contributed by atoms with Gasteiger partial charge in [-0.25, -0.2) is 0 Å². The molecule has 9 rings (SSSR count). The van der Waals surface area contributed by atoms with Crippen LogP contribution < -0.4 is 22.6 Å². The number of fused-ring (bicyclic) bond motifs is 2. The van der Waals surface area contributed by atoms with Gasteiger partial charge in [-0.15, -0.1) is 22.7 Å². The summed E-state index contributed by atoms with van der Waals surface area (Å²) >= 11 is 2.93. The molecule has 0 radical (unpaired) electrons. The lowest BCUT2D eigenvalue weighted by atomic mass is 10.1. The van der Waals surface area contributed by atoms with Crippen molar-refractivity contribution in [3.8, 4) is 55.0 Å². The number of anilines is 2. The Balaban J connectivity index is 1.24. The van der Waals surface area contributed by atoms with E-state index in [9.17, 15) is 9.59 Å². The number of aromatic nitrogens is 4. The third-order valence-corrected chi connectivity index (χ3v) is 11.5. The summed E-state index contributed by atoms with van der Waals surface area (Å²) in [5.74, 6) is 0.942. The lowest BCUT2D eigenvalue weighted by Crippen LogP contribution is -2.16. The molecule has 0 unspecified atom stereocenters. The van der Waals surface area contributed by atoms with Gasteiger partial charge in [0.05, 0.1) is 21.1 Å². The van der Waals surface area contributed by atoms with E-state index in [0.717, 1.165) is 32.3 Å². The van der Waals surface area contributed by atoms with E-state index in [1.807, 2.05) is 155 Å². The van der Waals surface area contributed by atoms with Crippen molar-refractivity contribution in [3.63, 3.8) is 0 Å². The Hall–Kier alpha value is -6.62. The first-order valence-electron chi connectivity index (χ1n) is 16.5. The molecule has 8 nitrogen and oxygen atoms in total. The number of nitrogens with zero attached hydrogens (tertiary/aromatic N) is 4. The Morgan fingerprint density at radius 3 is 1.10 bits per heavy atom. The van der Waals surface area contributed by atoms with E-state index in [2.05, 4.69) is 9.97 Å². The average Bonchev–Trinajstić information content (AvgIpc) is 3.73. The first kappa shape index (κ1) is 31.4. The molecule has 9 aromatic rings. The lowest BCUT2D eigenvalue weighted by Gasteiger charge is -2.16. The van der Waals surface area contributed by atoms with E-state index < -0.39 is 11.1 Å². The molecule has 4 heterocycles. The van der Waals surface area contributed by atoms with E-state index in [0.29, 0.717) is 54.6 Å². The van der Waals surface area contributed by atoms with Crippen molar-refractivity contribution < 1.29 is 0 Å². The van der Waals surface area contributed by atoms with E-state index in [4.69, 9.17) is 11.5 Å². The van der Waals surface area contributed by atoms with Gasteiger partial charge >= 0.3 is 0 Å². The molecule has 0 saturated heterocycles. The first-order chi connectivity index (χ1) is 25.5. The fraction of sp³-hybridized carbons (Fsp3) is 0. The smallest absolute Gasteiger partial charge is 0.284 e. The Morgan fingerprint density at radius 2 is 0.750 bits per heavy atom. The summed E-state index contributed by atoms with van der Waals surface area (Å²) in [6.45, 7) is 0. The van der Waals surface area contributed by atoms with Crippen molar-refractivity contribution in [1.82, 2.24) is 19.1 Å². The molecule has 52 heavy (non-hydrogen) atoms. The highest BCUT2D eigenvalue weighted by atomic mass is 32.1. The van der Waals surface area contributed by atoms with Crippen molar-refractivity contribution in [2.75, 3.05) is 11.5 Å². The molecular formula is C42H28N6O2S2. The summed E-state index contributed by atoms with van der Waals surface area (Å²) in [4.78, 5) is 39.8. The Labute approximate surface area is 305 Å². The first-order valence-corrected chi connectivity index (χ1v) is 18.1. The summed E-state index contributed by atoms with van der Waals surface area (Å²) in [5, 5.41) is 0.782. The summed E-state index contributed by atoms with van der Waals surface area (Å²) < 4.78 is 3.98. The molecule has 0 amide bonds. The largest absolute Gasteiger partial charge is 0.397 e. The second kappa shape index (κ2) is 12.6. The van der Waals surface area contributed by atoms with E-state index in [-0.39, 0.29) is 0 Å². The molecule has 4 aromatic heterocycles. The molecule has 250 valence electrons. The van der Waals surface area contributed by atoms with Gasteiger partial charge in [-0.05, 0) is 35.4 Å². The molecule has 0 saturated carbocycles. The van der Waals surface area contributed by atoms with Crippen LogP contribution in [0.5, 0.6) is 0 Å². The fourth-order valence-electron chi connectivity index (χ4n) is 6.58. The van der Waals surface area contributed by atoms with Crippen LogP contribution in [0.2, 0.25) is 0 Å². The van der Waals surface area contributed by atoms with Gasteiger partial charge in [-0.1, -0.05) is 121 Å². The highest BCUT2D eigenvalue weighted by molar-refractivity contribution is 7.23. The Morgan fingerprint density at radius 1 is 0.423 bits per heavy atom. The van der Waals surface area contributed by atoms with Gasteiger partial charge < -0.3 is 11.5 Å². The highest BCUT2D eigenvalue weighted by Crippen LogP contribution is 2.43. The molecule has 0 atom stereocenters. The number of nitrogens with two attached hydrogens (primary N) is 2. The Kier molecular flexibility index (Phi) is 7.61. The third kappa shape index (κ3) is 5.12. The number of rotatable bonds is 6. The maximum atomic E-state index is 13.8. The van der Waals surface area contributed by atoms with Gasteiger partial charge in [0.1, 0.15) is 32.1 Å². The van der Waals surface area contributed by atoms with Crippen LogP contribution in [0.4, 0.5) is 11.4 Å². The van der Waals surface area contributed by atoms with Gasteiger partial charge in [0.25, 0.3) is 11.1 Å². The van der Waals surface area contributed by atoms with Crippen molar-refractivity contribution >= 4 is 54.5 Å². The molecule has 5 aromatic carbocycles. The second-order valence-electron chi connectivity index (χ2n) is 12.2. The molecule has 0 spiro atoms. The standard InChI is InChI=1S/C42H28N6O2S2/c43-33-31-39(49)45-37(47(29-17-9-3-10-18-29)41(31)51-35(33)25-13-5-1-6-14-25)27-21-23-28(24-22-27)38-46-40(50)32-34(44)36(26-15-7-2-8-16-26)52-42(32)48(38)30-19-11-4-12-20-30/h1-24H,43-44H2. The van der Waals surface area contributed by atoms with E-state index >= 15 is 0 Å². The van der Waals surface area contributed by atoms with E-state index in [1.54, 1.807) is 0 Å². The van der Waals surface area contributed by atoms with Gasteiger partial charge in [-0.2, -0.15) is 9.97 Å². The number of nitrogen functional groups attached to an aromatic ring is 2. The molecule has 0 aliphatic rings. The predicted octanol–water partition coefficient (Wildman–Crippen LogP) is 9.04. The number of thiophene rings is 2. The number of hydrogen-bond acceptors (Lipinski definition) is 8. The fourth-order valence-corrected chi connectivity index (χ4v) is 9.07. The van der Waals surface area contributed by atoms with Crippen molar-refractivity contribution in [1.29, 1.82) is 0 Å². The molecule has 0 aliphatic heterocycles. The molecule has 10 heteroatoms. The molecule has 0 fully saturated rings. The van der Waals surface area contributed by atoms with Crippen molar-refractivity contribution in [3.05, 3.63) is 166 Å². The van der Waals surface area contributed by atoms with Crippen LogP contribution in [-0.2, 0) is 0 Å². The number of hydrogen-bond donors (Lipinski definition) is 2. The molecule has 4 N–H and O–H groups in total. The normalized spacial score (nSPS) is 11.4. The maximum absolute atomic E-state index is 13.8. The van der Waals surface area contributed by atoms with Crippen LogP contribution in [0.1, 0.15) is 0 Å². The summed E-state index contributed by atoms with van der Waals surface area (Å²) in [6, 6.07) is 46.9. The van der Waals surface area contributed by atoms with Gasteiger partial charge in [0.15, 0.2) is 0 Å². The second-order valence-corrected chi connectivity index (χ2v) is 14.2. The predicted molar refractivity (Wildman–Crippen MR) is 215 cm³/mol. The lowest BCUT2D eigenvalue weighted by molar-refractivity contribution is 1.03. The SMILES string of the molecule is Nc1c(-c2ccccc2)sc2c1c(=O)nc(-c1ccc(-c3nc(=O)c4c(N)c(-c5ccccc5)sc4n3-c3ccccc3)cc1)n2-c1ccccc1. The highest BCUT2D eigenvalue weighted by Gasteiger charge is 2.24. The minimum Gasteiger partial charge on any atom is -0.397 e. The monoisotopic (exact) mass is 712 g/mol. The van der Waals surface area contributed by atoms with Gasteiger partial charge in [-0.3, -0.25) is 18.7 Å². The zero-order chi connectivity index (χ0) is 35.3. The minimum absolute atomic E-state index is 0.391. The van der Waals surface area contributed by atoms with Crippen LogP contribution in [0, 0.1) is 0 Å². The van der Waals surface area contributed by atoms with Crippen molar-refractivity contribution in [2.45, 2.75) is 0 Å². The van der Waals surface area contributed by atoms with Crippen LogP contribution >= 0.6 is 22.7 Å². The number of benzene rings is 5. The van der Waals surface area contributed by atoms with Crippen LogP contribution in [0.15, 0.2) is 155 Å². The molecule has 0 aliphatic carbocycles. The van der Waals surface area contributed by atoms with Crippen molar-refractivity contribution in [2.24, 2.45) is 0 Å². The van der Waals surface area contributed by atoms with E-state index in [1.165, 1.54) is 22.7 Å².